The molecule has 0 radical (unpaired) electrons. The summed E-state index contributed by atoms with van der Waals surface area (Å²) < 4.78 is 0. The lowest BCUT2D eigenvalue weighted by Crippen LogP contribution is -2.61. The molecule has 0 aromatic heterocycles. The van der Waals surface area contributed by atoms with Gasteiger partial charge in [-0.1, -0.05) is 0 Å². The molecule has 12 nitrogen and oxygen atoms in total. The van der Waals surface area contributed by atoms with Crippen LogP contribution in [0.2, 0.25) is 0 Å². The summed E-state index contributed by atoms with van der Waals surface area (Å²) in [5, 5.41) is 22.7. The number of hydrogen-bond donors (Lipinski definition) is 4. The summed E-state index contributed by atoms with van der Waals surface area (Å²) in [6.45, 7) is 5.25. The van der Waals surface area contributed by atoms with Crippen molar-refractivity contribution in [1.29, 1.82) is 0 Å². The van der Waals surface area contributed by atoms with E-state index in [2.05, 4.69) is 10.6 Å². The number of carboxylic acid groups (broad SMARTS) is 2. The Labute approximate surface area is 210 Å². The van der Waals surface area contributed by atoms with Crippen LogP contribution in [0.3, 0.4) is 0 Å². The number of carboxylic acids is 2. The summed E-state index contributed by atoms with van der Waals surface area (Å²) in [7, 11) is 0. The Morgan fingerprint density at radius 3 is 1.36 bits per heavy atom. The maximum absolute atomic E-state index is 12.4. The van der Waals surface area contributed by atoms with Crippen LogP contribution in [0, 0.1) is 0 Å². The van der Waals surface area contributed by atoms with Crippen LogP contribution >= 0.6 is 0 Å². The van der Waals surface area contributed by atoms with Gasteiger partial charge in [-0.2, -0.15) is 0 Å². The molecule has 2 unspecified atom stereocenters. The SMILES string of the molecule is CCN(CCCCC1NC(=O)C(CCCCN(CC)C(=O)C=CC(=O)O)NC1=O)C(=O)C=CC(=O)O. The Kier molecular flexibility index (Phi) is 13.5. The van der Waals surface area contributed by atoms with Gasteiger partial charge in [0.25, 0.3) is 0 Å². The number of aliphatic carboxylic acids is 2. The highest BCUT2D eigenvalue weighted by atomic mass is 16.4. The van der Waals surface area contributed by atoms with Crippen LogP contribution in [0.25, 0.3) is 0 Å². The average molecular weight is 509 g/mol. The van der Waals surface area contributed by atoms with Crippen LogP contribution < -0.4 is 10.6 Å². The maximum Gasteiger partial charge on any atom is 0.328 e. The Morgan fingerprint density at radius 2 is 1.06 bits per heavy atom. The van der Waals surface area contributed by atoms with E-state index in [1.807, 2.05) is 0 Å². The Balaban J connectivity index is 2.37. The molecule has 0 saturated carbocycles. The van der Waals surface area contributed by atoms with E-state index in [0.29, 0.717) is 64.7 Å². The van der Waals surface area contributed by atoms with Crippen molar-refractivity contribution in [2.24, 2.45) is 0 Å². The van der Waals surface area contributed by atoms with Gasteiger partial charge in [0.1, 0.15) is 12.1 Å². The molecule has 1 heterocycles. The van der Waals surface area contributed by atoms with Crippen molar-refractivity contribution in [3.63, 3.8) is 0 Å². The highest BCUT2D eigenvalue weighted by molar-refractivity contribution is 5.97. The fourth-order valence-corrected chi connectivity index (χ4v) is 3.73. The first-order valence-electron chi connectivity index (χ1n) is 12.1. The van der Waals surface area contributed by atoms with Gasteiger partial charge in [0.15, 0.2) is 0 Å². The third kappa shape index (κ3) is 11.2. The summed E-state index contributed by atoms with van der Waals surface area (Å²) in [4.78, 5) is 72.9. The molecule has 0 aromatic rings. The van der Waals surface area contributed by atoms with E-state index in [4.69, 9.17) is 10.2 Å². The summed E-state index contributed by atoms with van der Waals surface area (Å²) >= 11 is 0. The van der Waals surface area contributed by atoms with E-state index >= 15 is 0 Å². The fourth-order valence-electron chi connectivity index (χ4n) is 3.73. The first-order chi connectivity index (χ1) is 17.1. The van der Waals surface area contributed by atoms with Gasteiger partial charge in [0.05, 0.1) is 0 Å². The lowest BCUT2D eigenvalue weighted by molar-refractivity contribution is -0.137. The molecule has 1 aliphatic rings. The molecule has 1 rings (SSSR count). The lowest BCUT2D eigenvalue weighted by atomic mass is 10.0. The van der Waals surface area contributed by atoms with Crippen molar-refractivity contribution >= 4 is 35.6 Å². The Bertz CT molecular complexity index is 800. The molecular formula is C24H36N4O8. The molecule has 0 spiro atoms. The predicted octanol–water partition coefficient (Wildman–Crippen LogP) is 0.289. The standard InChI is InChI=1S/C24H36N4O8/c1-3-27(19(29)11-13-21(31)32)15-7-5-9-17-23(35)26-18(24(36)25-17)10-6-8-16-28(4-2)20(30)12-14-22(33)34/h11-14,17-18H,3-10,15-16H2,1-2H3,(H,25,36)(H,26,35)(H,31,32)(H,33,34). The third-order valence-electron chi connectivity index (χ3n) is 5.73. The molecule has 1 aliphatic heterocycles. The summed E-state index contributed by atoms with van der Waals surface area (Å²) in [6.07, 6.45) is 6.81. The zero-order chi connectivity index (χ0) is 27.1. The molecule has 4 amide bonds. The van der Waals surface area contributed by atoms with Crippen LogP contribution in [0.5, 0.6) is 0 Å². The highest BCUT2D eigenvalue weighted by Gasteiger charge is 2.32. The van der Waals surface area contributed by atoms with E-state index < -0.39 is 35.8 Å². The van der Waals surface area contributed by atoms with Gasteiger partial charge in [-0.25, -0.2) is 9.59 Å². The van der Waals surface area contributed by atoms with Crippen molar-refractivity contribution in [2.75, 3.05) is 26.2 Å². The molecule has 4 N–H and O–H groups in total. The molecule has 0 bridgehead atoms. The van der Waals surface area contributed by atoms with E-state index in [-0.39, 0.29) is 11.8 Å². The number of likely N-dealkylation sites (N-methyl/N-ethyl adjacent to an activating group) is 2. The number of amides is 4. The van der Waals surface area contributed by atoms with E-state index in [1.165, 1.54) is 9.80 Å². The molecule has 0 aromatic carbocycles. The number of carbonyl (C=O) groups excluding carboxylic acids is 4. The molecular weight excluding hydrogens is 472 g/mol. The highest BCUT2D eigenvalue weighted by Crippen LogP contribution is 2.11. The van der Waals surface area contributed by atoms with Crippen molar-refractivity contribution in [2.45, 2.75) is 64.5 Å². The second-order valence-electron chi connectivity index (χ2n) is 8.29. The molecule has 1 saturated heterocycles. The van der Waals surface area contributed by atoms with Gasteiger partial charge in [0.2, 0.25) is 23.6 Å². The number of carbonyl (C=O) groups is 6. The van der Waals surface area contributed by atoms with E-state index in [1.54, 1.807) is 13.8 Å². The number of piperazine rings is 1. The third-order valence-corrected chi connectivity index (χ3v) is 5.73. The zero-order valence-electron chi connectivity index (χ0n) is 20.8. The monoisotopic (exact) mass is 508 g/mol. The molecule has 0 aliphatic carbocycles. The quantitative estimate of drug-likeness (QED) is 0.170. The van der Waals surface area contributed by atoms with E-state index in [9.17, 15) is 28.8 Å². The van der Waals surface area contributed by atoms with Crippen LogP contribution in [0.4, 0.5) is 0 Å². The Hall–Kier alpha value is -3.70. The minimum absolute atomic E-state index is 0.267. The smallest absolute Gasteiger partial charge is 0.328 e. The largest absolute Gasteiger partial charge is 0.478 e. The average Bonchev–Trinajstić information content (AvgIpc) is 2.83. The van der Waals surface area contributed by atoms with Crippen molar-refractivity contribution in [3.8, 4) is 0 Å². The summed E-state index contributed by atoms with van der Waals surface area (Å²) in [5.41, 5.74) is 0. The first kappa shape index (κ1) is 30.3. The first-order valence-corrected chi connectivity index (χ1v) is 12.1. The number of nitrogens with zero attached hydrogens (tertiary/aromatic N) is 2. The number of nitrogens with one attached hydrogen (secondary N) is 2. The number of hydrogen-bond acceptors (Lipinski definition) is 6. The topological polar surface area (TPSA) is 173 Å². The molecule has 12 heteroatoms. The minimum atomic E-state index is -1.19. The van der Waals surface area contributed by atoms with Gasteiger partial charge < -0.3 is 30.6 Å². The maximum atomic E-state index is 12.4. The zero-order valence-corrected chi connectivity index (χ0v) is 20.8. The molecule has 36 heavy (non-hydrogen) atoms. The van der Waals surface area contributed by atoms with Gasteiger partial charge in [-0.05, 0) is 52.4 Å². The second-order valence-corrected chi connectivity index (χ2v) is 8.29. The minimum Gasteiger partial charge on any atom is -0.478 e. The Morgan fingerprint density at radius 1 is 0.694 bits per heavy atom. The van der Waals surface area contributed by atoms with Crippen molar-refractivity contribution < 1.29 is 39.0 Å². The molecule has 2 atom stereocenters. The molecule has 1 fully saturated rings. The lowest BCUT2D eigenvalue weighted by Gasteiger charge is -2.30. The second kappa shape index (κ2) is 16.1. The van der Waals surface area contributed by atoms with Gasteiger partial charge in [-0.15, -0.1) is 0 Å². The van der Waals surface area contributed by atoms with Crippen molar-refractivity contribution in [1.82, 2.24) is 20.4 Å². The van der Waals surface area contributed by atoms with Gasteiger partial charge in [0, 0.05) is 50.5 Å². The van der Waals surface area contributed by atoms with Crippen LogP contribution in [-0.4, -0.2) is 93.8 Å². The van der Waals surface area contributed by atoms with Crippen LogP contribution in [-0.2, 0) is 28.8 Å². The summed E-state index contributed by atoms with van der Waals surface area (Å²) in [6, 6.07) is -1.30. The van der Waals surface area contributed by atoms with Gasteiger partial charge >= 0.3 is 11.9 Å². The fraction of sp³-hybridized carbons (Fsp3) is 0.583. The van der Waals surface area contributed by atoms with Crippen LogP contribution in [0.15, 0.2) is 24.3 Å². The number of unbranched alkanes of at least 4 members (excludes halogenated alkanes) is 2. The van der Waals surface area contributed by atoms with Crippen molar-refractivity contribution in [3.05, 3.63) is 24.3 Å². The van der Waals surface area contributed by atoms with Crippen LogP contribution in [0.1, 0.15) is 52.4 Å². The van der Waals surface area contributed by atoms with E-state index in [0.717, 1.165) is 24.3 Å². The predicted molar refractivity (Wildman–Crippen MR) is 130 cm³/mol. The van der Waals surface area contributed by atoms with Gasteiger partial charge in [-0.3, -0.25) is 19.2 Å². The molecule has 200 valence electrons. The normalized spacial score (nSPS) is 17.6. The summed E-state index contributed by atoms with van der Waals surface area (Å²) in [5.74, 6) is -3.71. The number of rotatable bonds is 16.